The fraction of sp³-hybridized carbons (Fsp3) is 0.190. The van der Waals surface area contributed by atoms with Gasteiger partial charge in [0.05, 0.1) is 27.1 Å². The first-order valence-corrected chi connectivity index (χ1v) is 9.93. The predicted molar refractivity (Wildman–Crippen MR) is 111 cm³/mol. The van der Waals surface area contributed by atoms with Gasteiger partial charge in [0, 0.05) is 25.1 Å². The van der Waals surface area contributed by atoms with Crippen LogP contribution in [0, 0.1) is 5.82 Å². The molecule has 0 N–H and O–H groups in total. The Labute approximate surface area is 173 Å². The molecule has 30 heavy (non-hydrogen) atoms. The Bertz CT molecular complexity index is 1420. The monoisotopic (exact) mass is 425 g/mol. The number of rotatable bonds is 3. The minimum atomic E-state index is -0.695. The fourth-order valence-electron chi connectivity index (χ4n) is 3.48. The van der Waals surface area contributed by atoms with Crippen LogP contribution in [0.15, 0.2) is 49.7 Å². The molecule has 1 aliphatic rings. The Hall–Kier alpha value is -3.33. The second-order valence-corrected chi connectivity index (χ2v) is 7.88. The van der Waals surface area contributed by atoms with Crippen molar-refractivity contribution < 1.29 is 14.0 Å². The Balaban J connectivity index is 2.02. The first-order valence-electron chi connectivity index (χ1n) is 9.12. The number of carbonyl (C=O) groups is 2. The van der Waals surface area contributed by atoms with E-state index in [0.717, 1.165) is 22.4 Å². The molecule has 0 radical (unpaired) electrons. The molecule has 0 saturated heterocycles. The maximum absolute atomic E-state index is 14.1. The summed E-state index contributed by atoms with van der Waals surface area (Å²) in [5.41, 5.74) is -0.942. The van der Waals surface area contributed by atoms with Gasteiger partial charge in [-0.2, -0.15) is 0 Å². The lowest BCUT2D eigenvalue weighted by Gasteiger charge is -2.20. The number of pyridine rings is 1. The summed E-state index contributed by atoms with van der Waals surface area (Å²) in [5, 5.41) is -0.0728. The van der Waals surface area contributed by atoms with Crippen molar-refractivity contribution in [2.45, 2.75) is 18.2 Å². The second kappa shape index (κ2) is 7.17. The normalized spacial score (nSPS) is 13.5. The van der Waals surface area contributed by atoms with Gasteiger partial charge in [0.2, 0.25) is 5.78 Å². The molecule has 3 aromatic rings. The van der Waals surface area contributed by atoms with Crippen LogP contribution in [0.2, 0.25) is 0 Å². The lowest BCUT2D eigenvalue weighted by Crippen LogP contribution is -2.39. The van der Waals surface area contributed by atoms with Gasteiger partial charge in [0.1, 0.15) is 11.5 Å². The molecular formula is C21H16FN3O4S. The van der Waals surface area contributed by atoms with Gasteiger partial charge < -0.3 is 0 Å². The van der Waals surface area contributed by atoms with E-state index < -0.39 is 28.6 Å². The Kier molecular flexibility index (Phi) is 4.77. The van der Waals surface area contributed by atoms with E-state index in [4.69, 9.17) is 0 Å². The summed E-state index contributed by atoms with van der Waals surface area (Å²) in [4.78, 5) is 56.1. The van der Waals surface area contributed by atoms with Crippen LogP contribution in [-0.4, -0.2) is 25.7 Å². The van der Waals surface area contributed by atoms with E-state index in [0.29, 0.717) is 12.1 Å². The highest BCUT2D eigenvalue weighted by Crippen LogP contribution is 2.37. The zero-order chi connectivity index (χ0) is 21.7. The van der Waals surface area contributed by atoms with E-state index in [9.17, 15) is 23.6 Å². The van der Waals surface area contributed by atoms with Crippen LogP contribution in [0.5, 0.6) is 0 Å². The SMILES string of the molecule is CCc1nc2c(c3c1C(=O)C(Sc1ccccc1F)=CC3=O)c(=O)n(C)c(=O)n2C. The van der Waals surface area contributed by atoms with E-state index in [2.05, 4.69) is 4.98 Å². The van der Waals surface area contributed by atoms with Crippen LogP contribution < -0.4 is 11.2 Å². The van der Waals surface area contributed by atoms with Crippen molar-refractivity contribution in [3.63, 3.8) is 0 Å². The molecule has 0 spiro atoms. The quantitative estimate of drug-likeness (QED) is 0.640. The van der Waals surface area contributed by atoms with Gasteiger partial charge in [-0.25, -0.2) is 14.2 Å². The van der Waals surface area contributed by atoms with Gasteiger partial charge in [0.15, 0.2) is 5.78 Å². The predicted octanol–water partition coefficient (Wildman–Crippen LogP) is 2.39. The zero-order valence-electron chi connectivity index (χ0n) is 16.4. The van der Waals surface area contributed by atoms with Crippen LogP contribution >= 0.6 is 11.8 Å². The number of benzene rings is 1. The third-order valence-electron chi connectivity index (χ3n) is 5.01. The van der Waals surface area contributed by atoms with E-state index >= 15 is 0 Å². The van der Waals surface area contributed by atoms with Crippen molar-refractivity contribution in [1.82, 2.24) is 14.1 Å². The number of allylic oxidation sites excluding steroid dienone is 2. The Morgan fingerprint density at radius 1 is 1.03 bits per heavy atom. The van der Waals surface area contributed by atoms with Gasteiger partial charge in [0.25, 0.3) is 5.56 Å². The van der Waals surface area contributed by atoms with E-state index in [1.807, 2.05) is 0 Å². The minimum absolute atomic E-state index is 0.0343. The highest BCUT2D eigenvalue weighted by Gasteiger charge is 2.33. The summed E-state index contributed by atoms with van der Waals surface area (Å²) in [7, 11) is 2.75. The van der Waals surface area contributed by atoms with Gasteiger partial charge in [-0.05, 0) is 18.6 Å². The Morgan fingerprint density at radius 3 is 2.40 bits per heavy atom. The number of halogens is 1. The molecular weight excluding hydrogens is 409 g/mol. The van der Waals surface area contributed by atoms with Crippen molar-refractivity contribution in [2.75, 3.05) is 0 Å². The maximum Gasteiger partial charge on any atom is 0.332 e. The van der Waals surface area contributed by atoms with Gasteiger partial charge >= 0.3 is 5.69 Å². The number of aromatic nitrogens is 3. The number of carbonyl (C=O) groups excluding carboxylic acids is 2. The summed E-state index contributed by atoms with van der Waals surface area (Å²) < 4.78 is 16.1. The van der Waals surface area contributed by atoms with Crippen molar-refractivity contribution in [3.8, 4) is 0 Å². The lowest BCUT2D eigenvalue weighted by molar-refractivity contribution is 0.0991. The highest BCUT2D eigenvalue weighted by molar-refractivity contribution is 8.04. The molecule has 0 fully saturated rings. The average molecular weight is 425 g/mol. The molecule has 0 unspecified atom stereocenters. The number of nitrogens with zero attached hydrogens (tertiary/aromatic N) is 3. The largest absolute Gasteiger partial charge is 0.332 e. The average Bonchev–Trinajstić information content (AvgIpc) is 2.74. The number of hydrogen-bond donors (Lipinski definition) is 0. The van der Waals surface area contributed by atoms with Crippen LogP contribution in [0.25, 0.3) is 11.0 Å². The molecule has 0 saturated carbocycles. The number of fused-ring (bicyclic) bond motifs is 3. The van der Waals surface area contributed by atoms with E-state index in [-0.39, 0.29) is 32.0 Å². The molecule has 0 aliphatic heterocycles. The zero-order valence-corrected chi connectivity index (χ0v) is 17.2. The molecule has 0 bridgehead atoms. The summed E-state index contributed by atoms with van der Waals surface area (Å²) in [5.74, 6) is -1.56. The van der Waals surface area contributed by atoms with Crippen molar-refractivity contribution in [3.05, 3.63) is 78.7 Å². The van der Waals surface area contributed by atoms with Gasteiger partial charge in [-0.3, -0.25) is 23.5 Å². The van der Waals surface area contributed by atoms with Gasteiger partial charge in [-0.1, -0.05) is 30.8 Å². The van der Waals surface area contributed by atoms with Crippen molar-refractivity contribution in [1.29, 1.82) is 0 Å². The molecule has 0 amide bonds. The standard InChI is InChI=1S/C21H16FN3O4S/c1-4-11-15-16(17-19(23-11)24(2)21(29)25(3)20(17)28)12(26)9-14(18(15)27)30-13-8-6-5-7-10(13)22/h5-9H,4H2,1-3H3. The number of Topliss-reactive ketones (excluding diaryl/α,β-unsaturated/α-hetero) is 1. The summed E-state index contributed by atoms with van der Waals surface area (Å²) in [6.45, 7) is 1.76. The molecule has 1 aromatic carbocycles. The molecule has 0 atom stereocenters. The number of thioether (sulfide) groups is 1. The van der Waals surface area contributed by atoms with E-state index in [1.54, 1.807) is 13.0 Å². The molecule has 2 heterocycles. The smallest absolute Gasteiger partial charge is 0.289 e. The molecule has 7 nitrogen and oxygen atoms in total. The fourth-order valence-corrected chi connectivity index (χ4v) is 4.39. The van der Waals surface area contributed by atoms with Crippen molar-refractivity contribution >= 4 is 34.4 Å². The van der Waals surface area contributed by atoms with Gasteiger partial charge in [-0.15, -0.1) is 0 Å². The second-order valence-electron chi connectivity index (χ2n) is 6.80. The van der Waals surface area contributed by atoms with Crippen molar-refractivity contribution in [2.24, 2.45) is 14.1 Å². The van der Waals surface area contributed by atoms with Crippen LogP contribution in [0.1, 0.15) is 33.3 Å². The third-order valence-corrected chi connectivity index (χ3v) is 6.09. The molecule has 2 aromatic heterocycles. The Morgan fingerprint density at radius 2 is 1.73 bits per heavy atom. The first-order chi connectivity index (χ1) is 14.3. The minimum Gasteiger partial charge on any atom is -0.289 e. The number of ketones is 2. The van der Waals surface area contributed by atoms with Crippen LogP contribution in [0.4, 0.5) is 4.39 Å². The molecule has 1 aliphatic carbocycles. The summed E-state index contributed by atoms with van der Waals surface area (Å²) in [6, 6.07) is 5.94. The third kappa shape index (κ3) is 2.85. The molecule has 4 rings (SSSR count). The maximum atomic E-state index is 14.1. The number of hydrogen-bond acceptors (Lipinski definition) is 6. The topological polar surface area (TPSA) is 91.0 Å². The number of aryl methyl sites for hydroxylation is 2. The molecule has 9 heteroatoms. The molecule has 152 valence electrons. The summed E-state index contributed by atoms with van der Waals surface area (Å²) in [6.07, 6.45) is 1.42. The first kappa shape index (κ1) is 20.0. The summed E-state index contributed by atoms with van der Waals surface area (Å²) >= 11 is 0.854. The highest BCUT2D eigenvalue weighted by atomic mass is 32.2. The lowest BCUT2D eigenvalue weighted by atomic mass is 9.90. The van der Waals surface area contributed by atoms with Crippen LogP contribution in [-0.2, 0) is 20.5 Å². The van der Waals surface area contributed by atoms with Crippen LogP contribution in [0.3, 0.4) is 0 Å². The van der Waals surface area contributed by atoms with E-state index in [1.165, 1.54) is 36.9 Å².